The summed E-state index contributed by atoms with van der Waals surface area (Å²) in [6.07, 6.45) is 3.34. The van der Waals surface area contributed by atoms with E-state index >= 15 is 0 Å². The Morgan fingerprint density at radius 2 is 2.07 bits per heavy atom. The van der Waals surface area contributed by atoms with E-state index in [1.54, 1.807) is 23.8 Å². The van der Waals surface area contributed by atoms with E-state index < -0.39 is 0 Å². The fraction of sp³-hybridized carbons (Fsp3) is 0.278. The molecule has 1 saturated heterocycles. The molecule has 8 nitrogen and oxygen atoms in total. The van der Waals surface area contributed by atoms with Crippen molar-refractivity contribution in [3.05, 3.63) is 63.1 Å². The van der Waals surface area contributed by atoms with Gasteiger partial charge in [0.15, 0.2) is 0 Å². The van der Waals surface area contributed by atoms with Crippen LogP contribution >= 0.6 is 11.3 Å². The lowest BCUT2D eigenvalue weighted by Gasteiger charge is -2.20. The molecule has 27 heavy (non-hydrogen) atoms. The summed E-state index contributed by atoms with van der Waals surface area (Å²) < 4.78 is 6.91. The molecule has 1 aliphatic heterocycles. The van der Waals surface area contributed by atoms with E-state index in [9.17, 15) is 9.59 Å². The number of aromatic nitrogens is 4. The van der Waals surface area contributed by atoms with Crippen molar-refractivity contribution in [1.82, 2.24) is 25.1 Å². The molecule has 1 aliphatic rings. The summed E-state index contributed by atoms with van der Waals surface area (Å²) in [5.74, 6) is -0.279. The van der Waals surface area contributed by atoms with E-state index in [-0.39, 0.29) is 23.6 Å². The standard InChI is InChI=1S/C18H17N5O3S/c1-11-20-15(10-27-11)18(25)21-14-8-26-9-16(14)23-17(24)3-2-13(22-23)12-4-6-19-7-5-12/h2-7,10,14,16H,8-9H2,1H3,(H,21,25). The number of aryl methyl sites for hydroxylation is 1. The van der Waals surface area contributed by atoms with Gasteiger partial charge in [-0.15, -0.1) is 11.3 Å². The molecule has 1 fully saturated rings. The average molecular weight is 383 g/mol. The monoisotopic (exact) mass is 383 g/mol. The normalized spacial score (nSPS) is 19.1. The molecular formula is C18H17N5O3S. The first-order chi connectivity index (χ1) is 13.1. The highest BCUT2D eigenvalue weighted by molar-refractivity contribution is 7.09. The Bertz CT molecular complexity index is 1020. The molecule has 9 heteroatoms. The zero-order valence-corrected chi connectivity index (χ0v) is 15.3. The van der Waals surface area contributed by atoms with Gasteiger partial charge >= 0.3 is 0 Å². The van der Waals surface area contributed by atoms with Crippen LogP contribution in [0.3, 0.4) is 0 Å². The van der Waals surface area contributed by atoms with Crippen molar-refractivity contribution in [2.45, 2.75) is 19.0 Å². The van der Waals surface area contributed by atoms with E-state index in [4.69, 9.17) is 4.74 Å². The predicted octanol–water partition coefficient (Wildman–Crippen LogP) is 1.44. The van der Waals surface area contributed by atoms with Crippen molar-refractivity contribution in [3.8, 4) is 11.3 Å². The van der Waals surface area contributed by atoms with Gasteiger partial charge < -0.3 is 10.1 Å². The van der Waals surface area contributed by atoms with Crippen molar-refractivity contribution < 1.29 is 9.53 Å². The lowest BCUT2D eigenvalue weighted by molar-refractivity contribution is 0.0920. The number of rotatable bonds is 4. The van der Waals surface area contributed by atoms with Crippen LogP contribution < -0.4 is 10.9 Å². The van der Waals surface area contributed by atoms with E-state index in [0.717, 1.165) is 10.6 Å². The molecule has 0 radical (unpaired) electrons. The van der Waals surface area contributed by atoms with Crippen LogP contribution in [0.1, 0.15) is 21.5 Å². The van der Waals surface area contributed by atoms with Gasteiger partial charge in [-0.1, -0.05) is 0 Å². The zero-order chi connectivity index (χ0) is 18.8. The number of nitrogens with zero attached hydrogens (tertiary/aromatic N) is 4. The fourth-order valence-corrected chi connectivity index (χ4v) is 3.56. The Kier molecular flexibility index (Phi) is 4.78. The number of carbonyl (C=O) groups excluding carboxylic acids is 1. The number of ether oxygens (including phenoxy) is 1. The van der Waals surface area contributed by atoms with Gasteiger partial charge in [-0.05, 0) is 25.1 Å². The van der Waals surface area contributed by atoms with E-state index in [1.165, 1.54) is 22.1 Å². The summed E-state index contributed by atoms with van der Waals surface area (Å²) in [5, 5.41) is 9.94. The van der Waals surface area contributed by atoms with Gasteiger partial charge in [-0.2, -0.15) is 5.10 Å². The highest BCUT2D eigenvalue weighted by Crippen LogP contribution is 2.20. The maximum atomic E-state index is 12.4. The van der Waals surface area contributed by atoms with Gasteiger partial charge in [0.2, 0.25) is 0 Å². The first-order valence-corrected chi connectivity index (χ1v) is 9.31. The molecule has 1 N–H and O–H groups in total. The lowest BCUT2D eigenvalue weighted by Crippen LogP contribution is -2.44. The number of thiazole rings is 1. The van der Waals surface area contributed by atoms with Crippen LogP contribution in [0.5, 0.6) is 0 Å². The zero-order valence-electron chi connectivity index (χ0n) is 14.5. The molecule has 4 rings (SSSR count). The number of hydrogen-bond donors (Lipinski definition) is 1. The number of hydrogen-bond acceptors (Lipinski definition) is 7. The lowest BCUT2D eigenvalue weighted by atomic mass is 10.1. The van der Waals surface area contributed by atoms with Gasteiger partial charge in [0, 0.05) is 29.4 Å². The van der Waals surface area contributed by atoms with Crippen LogP contribution in [0.4, 0.5) is 0 Å². The average Bonchev–Trinajstić information content (AvgIpc) is 3.32. The molecule has 0 bridgehead atoms. The minimum Gasteiger partial charge on any atom is -0.377 e. The van der Waals surface area contributed by atoms with Crippen molar-refractivity contribution in [3.63, 3.8) is 0 Å². The summed E-state index contributed by atoms with van der Waals surface area (Å²) in [6, 6.07) is 6.05. The fourth-order valence-electron chi connectivity index (χ4n) is 2.97. The molecule has 138 valence electrons. The highest BCUT2D eigenvalue weighted by Gasteiger charge is 2.33. The largest absolute Gasteiger partial charge is 0.377 e. The second-order valence-corrected chi connectivity index (χ2v) is 7.24. The Morgan fingerprint density at radius 1 is 1.26 bits per heavy atom. The van der Waals surface area contributed by atoms with Crippen LogP contribution in [0.25, 0.3) is 11.3 Å². The molecule has 0 spiro atoms. The summed E-state index contributed by atoms with van der Waals surface area (Å²) in [6.45, 7) is 2.46. The van der Waals surface area contributed by atoms with Gasteiger partial charge in [-0.3, -0.25) is 14.6 Å². The van der Waals surface area contributed by atoms with Crippen LogP contribution in [0.15, 0.2) is 46.8 Å². The smallest absolute Gasteiger partial charge is 0.271 e. The molecule has 0 aromatic carbocycles. The van der Waals surface area contributed by atoms with Gasteiger partial charge in [-0.25, -0.2) is 9.67 Å². The third-order valence-corrected chi connectivity index (χ3v) is 5.11. The molecule has 2 atom stereocenters. The summed E-state index contributed by atoms with van der Waals surface area (Å²) in [4.78, 5) is 33.0. The Hall–Kier alpha value is -2.91. The Labute approximate surface area is 158 Å². The molecule has 2 unspecified atom stereocenters. The molecule has 3 aromatic heterocycles. The second-order valence-electron chi connectivity index (χ2n) is 6.17. The summed E-state index contributed by atoms with van der Waals surface area (Å²) in [7, 11) is 0. The van der Waals surface area contributed by atoms with Gasteiger partial charge in [0.05, 0.1) is 30.0 Å². The third-order valence-electron chi connectivity index (χ3n) is 4.33. The molecular weight excluding hydrogens is 366 g/mol. The van der Waals surface area contributed by atoms with Crippen molar-refractivity contribution in [2.75, 3.05) is 13.2 Å². The minimum atomic E-state index is -0.386. The van der Waals surface area contributed by atoms with E-state index in [2.05, 4.69) is 20.4 Å². The molecule has 1 amide bonds. The molecule has 3 aromatic rings. The van der Waals surface area contributed by atoms with Crippen molar-refractivity contribution in [2.24, 2.45) is 0 Å². The van der Waals surface area contributed by atoms with Gasteiger partial charge in [0.1, 0.15) is 11.7 Å². The highest BCUT2D eigenvalue weighted by atomic mass is 32.1. The van der Waals surface area contributed by atoms with E-state index in [0.29, 0.717) is 24.6 Å². The third kappa shape index (κ3) is 3.64. The summed E-state index contributed by atoms with van der Waals surface area (Å²) >= 11 is 1.41. The number of nitrogens with one attached hydrogen (secondary N) is 1. The summed E-state index contributed by atoms with van der Waals surface area (Å²) in [5.41, 5.74) is 1.64. The number of pyridine rings is 1. The van der Waals surface area contributed by atoms with Crippen LogP contribution in [0.2, 0.25) is 0 Å². The molecule has 4 heterocycles. The quantitative estimate of drug-likeness (QED) is 0.732. The topological polar surface area (TPSA) is 99.0 Å². The second kappa shape index (κ2) is 7.37. The van der Waals surface area contributed by atoms with Crippen molar-refractivity contribution >= 4 is 17.2 Å². The van der Waals surface area contributed by atoms with Crippen LogP contribution in [-0.4, -0.2) is 44.9 Å². The van der Waals surface area contributed by atoms with Crippen LogP contribution in [0, 0.1) is 6.92 Å². The minimum absolute atomic E-state index is 0.243. The van der Waals surface area contributed by atoms with Crippen LogP contribution in [-0.2, 0) is 4.74 Å². The Morgan fingerprint density at radius 3 is 2.81 bits per heavy atom. The first-order valence-electron chi connectivity index (χ1n) is 8.43. The van der Waals surface area contributed by atoms with E-state index in [1.807, 2.05) is 19.1 Å². The first kappa shape index (κ1) is 17.5. The maximum absolute atomic E-state index is 12.4. The van der Waals surface area contributed by atoms with Crippen molar-refractivity contribution in [1.29, 1.82) is 0 Å². The SMILES string of the molecule is Cc1nc(C(=O)NC2COCC2n2nc(-c3ccncc3)ccc2=O)cs1. The maximum Gasteiger partial charge on any atom is 0.271 e. The number of amides is 1. The Balaban J connectivity index is 1.60. The predicted molar refractivity (Wildman–Crippen MR) is 99.7 cm³/mol. The molecule has 0 aliphatic carbocycles. The number of carbonyl (C=O) groups is 1. The molecule has 0 saturated carbocycles. The van der Waals surface area contributed by atoms with Gasteiger partial charge in [0.25, 0.3) is 11.5 Å².